The first-order valence-corrected chi connectivity index (χ1v) is 10.3. The molecule has 4 aliphatic rings. The van der Waals surface area contributed by atoms with Crippen LogP contribution < -0.4 is 5.56 Å². The molecule has 3 heterocycles. The van der Waals surface area contributed by atoms with Gasteiger partial charge in [-0.2, -0.15) is 0 Å². The van der Waals surface area contributed by atoms with E-state index >= 15 is 0 Å². The van der Waals surface area contributed by atoms with Gasteiger partial charge in [0, 0.05) is 36.5 Å². The molecule has 1 aromatic rings. The van der Waals surface area contributed by atoms with Gasteiger partial charge < -0.3 is 14.6 Å². The number of aromatic amines is 1. The van der Waals surface area contributed by atoms with Crippen molar-refractivity contribution in [3.05, 3.63) is 27.4 Å². The molecule has 146 valence electrons. The van der Waals surface area contributed by atoms with Crippen LogP contribution in [-0.4, -0.2) is 71.6 Å². The van der Waals surface area contributed by atoms with Crippen LogP contribution in [0.1, 0.15) is 55.1 Å². The topological polar surface area (TPSA) is 78.5 Å². The lowest BCUT2D eigenvalue weighted by molar-refractivity contribution is -0.143. The fourth-order valence-corrected chi connectivity index (χ4v) is 5.02. The molecular weight excluding hydrogens is 344 g/mol. The summed E-state index contributed by atoms with van der Waals surface area (Å²) in [5, 5.41) is 0. The van der Waals surface area contributed by atoms with Gasteiger partial charge in [0.1, 0.15) is 11.9 Å². The molecule has 1 spiro atoms. The first-order chi connectivity index (χ1) is 13.1. The number of carbonyl (C=O) groups excluding carboxylic acids is 1. The van der Waals surface area contributed by atoms with E-state index in [1.165, 1.54) is 0 Å². The number of carbonyl (C=O) groups is 1. The van der Waals surface area contributed by atoms with Crippen LogP contribution >= 0.6 is 0 Å². The third-order valence-corrected chi connectivity index (χ3v) is 7.07. The number of piperidine rings is 1. The van der Waals surface area contributed by atoms with E-state index in [0.29, 0.717) is 19.1 Å². The number of likely N-dealkylation sites (N-methyl/N-ethyl adjacent to an activating group) is 1. The highest BCUT2D eigenvalue weighted by Crippen LogP contribution is 2.46. The van der Waals surface area contributed by atoms with E-state index in [-0.39, 0.29) is 22.9 Å². The summed E-state index contributed by atoms with van der Waals surface area (Å²) >= 11 is 0. The predicted molar refractivity (Wildman–Crippen MR) is 99.9 cm³/mol. The van der Waals surface area contributed by atoms with E-state index < -0.39 is 0 Å². The molecule has 27 heavy (non-hydrogen) atoms. The van der Waals surface area contributed by atoms with E-state index in [1.54, 1.807) is 0 Å². The standard InChI is InChI=1S/C20H28N4O3/c1-23-10-11-27-12-15(23)19(26)24-8-6-20(7-9-24)5-4-14-16(20)21-17(13-2-3-13)22-18(14)25/h13,15H,2-12H2,1H3,(H,21,22,25)/t15-/m1/s1. The molecule has 7 heteroatoms. The number of likely N-dealkylation sites (tertiary alicyclic amines) is 1. The zero-order chi connectivity index (χ0) is 18.6. The molecule has 0 unspecified atom stereocenters. The third kappa shape index (κ3) is 2.91. The molecule has 0 radical (unpaired) electrons. The van der Waals surface area contributed by atoms with Crippen molar-refractivity contribution in [2.75, 3.05) is 39.9 Å². The average molecular weight is 372 g/mol. The number of nitrogens with one attached hydrogen (secondary N) is 1. The Kier molecular flexibility index (Phi) is 4.13. The van der Waals surface area contributed by atoms with Crippen molar-refractivity contribution >= 4 is 5.91 Å². The molecule has 2 aliphatic heterocycles. The maximum Gasteiger partial charge on any atom is 0.254 e. The summed E-state index contributed by atoms with van der Waals surface area (Å²) in [6.45, 7) is 3.48. The van der Waals surface area contributed by atoms with Crippen molar-refractivity contribution < 1.29 is 9.53 Å². The monoisotopic (exact) mass is 372 g/mol. The highest BCUT2D eigenvalue weighted by atomic mass is 16.5. The number of hydrogen-bond donors (Lipinski definition) is 1. The number of fused-ring (bicyclic) bond motifs is 2. The molecule has 0 aromatic carbocycles. The Morgan fingerprint density at radius 2 is 2.00 bits per heavy atom. The van der Waals surface area contributed by atoms with Gasteiger partial charge in [-0.25, -0.2) is 4.98 Å². The van der Waals surface area contributed by atoms with E-state index in [0.717, 1.165) is 75.2 Å². The van der Waals surface area contributed by atoms with Crippen molar-refractivity contribution in [2.24, 2.45) is 0 Å². The smallest absolute Gasteiger partial charge is 0.254 e. The van der Waals surface area contributed by atoms with Gasteiger partial charge in [-0.3, -0.25) is 14.5 Å². The maximum absolute atomic E-state index is 13.0. The van der Waals surface area contributed by atoms with Crippen molar-refractivity contribution in [2.45, 2.75) is 55.9 Å². The number of amides is 1. The lowest BCUT2D eigenvalue weighted by atomic mass is 9.76. The van der Waals surface area contributed by atoms with E-state index in [9.17, 15) is 9.59 Å². The number of morpholine rings is 1. The van der Waals surface area contributed by atoms with Crippen LogP contribution in [0.4, 0.5) is 0 Å². The fraction of sp³-hybridized carbons (Fsp3) is 0.750. The molecule has 0 bridgehead atoms. The second-order valence-corrected chi connectivity index (χ2v) is 8.73. The maximum atomic E-state index is 13.0. The number of hydrogen-bond acceptors (Lipinski definition) is 5. The van der Waals surface area contributed by atoms with Gasteiger partial charge in [0.15, 0.2) is 0 Å². The molecule has 1 atom stereocenters. The number of H-pyrrole nitrogens is 1. The summed E-state index contributed by atoms with van der Waals surface area (Å²) in [7, 11) is 2.00. The zero-order valence-electron chi connectivity index (χ0n) is 16.0. The number of nitrogens with zero attached hydrogens (tertiary/aromatic N) is 3. The second-order valence-electron chi connectivity index (χ2n) is 8.73. The van der Waals surface area contributed by atoms with Crippen molar-refractivity contribution in [1.82, 2.24) is 19.8 Å². The SMILES string of the molecule is CN1CCOC[C@@H]1C(=O)N1CCC2(CCc3c2nc(C2CC2)[nH]c3=O)CC1. The Hall–Kier alpha value is -1.73. The number of aromatic nitrogens is 2. The van der Waals surface area contributed by atoms with Crippen molar-refractivity contribution in [1.29, 1.82) is 0 Å². The molecule has 1 N–H and O–H groups in total. The first-order valence-electron chi connectivity index (χ1n) is 10.3. The fourth-order valence-electron chi connectivity index (χ4n) is 5.02. The normalized spacial score (nSPS) is 27.7. The largest absolute Gasteiger partial charge is 0.378 e. The summed E-state index contributed by atoms with van der Waals surface area (Å²) in [5.41, 5.74) is 1.98. The Labute approximate surface area is 159 Å². The van der Waals surface area contributed by atoms with E-state index in [4.69, 9.17) is 9.72 Å². The quantitative estimate of drug-likeness (QED) is 0.830. The molecule has 1 aromatic heterocycles. The first kappa shape index (κ1) is 17.4. The molecule has 3 fully saturated rings. The van der Waals surface area contributed by atoms with Gasteiger partial charge in [0.05, 0.1) is 18.9 Å². The molecule has 1 saturated carbocycles. The highest BCUT2D eigenvalue weighted by molar-refractivity contribution is 5.82. The van der Waals surface area contributed by atoms with Gasteiger partial charge in [-0.1, -0.05) is 0 Å². The zero-order valence-corrected chi connectivity index (χ0v) is 16.0. The van der Waals surface area contributed by atoms with E-state index in [1.807, 2.05) is 11.9 Å². The highest BCUT2D eigenvalue weighted by Gasteiger charge is 2.46. The minimum Gasteiger partial charge on any atom is -0.378 e. The Morgan fingerprint density at radius 1 is 1.22 bits per heavy atom. The number of rotatable bonds is 2. The summed E-state index contributed by atoms with van der Waals surface area (Å²) in [6.07, 6.45) is 5.88. The summed E-state index contributed by atoms with van der Waals surface area (Å²) < 4.78 is 5.52. The third-order valence-electron chi connectivity index (χ3n) is 7.07. The Balaban J connectivity index is 1.34. The van der Waals surface area contributed by atoms with Gasteiger partial charge in [0.25, 0.3) is 5.56 Å². The van der Waals surface area contributed by atoms with Gasteiger partial charge in [0.2, 0.25) is 5.91 Å². The van der Waals surface area contributed by atoms with Crippen LogP contribution in [0.2, 0.25) is 0 Å². The molecule has 2 aliphatic carbocycles. The summed E-state index contributed by atoms with van der Waals surface area (Å²) in [6, 6.07) is -0.161. The summed E-state index contributed by atoms with van der Waals surface area (Å²) in [4.78, 5) is 37.5. The predicted octanol–water partition coefficient (Wildman–Crippen LogP) is 0.784. The van der Waals surface area contributed by atoms with Crippen molar-refractivity contribution in [3.63, 3.8) is 0 Å². The van der Waals surface area contributed by atoms with Crippen LogP contribution in [0.3, 0.4) is 0 Å². The minimum absolute atomic E-state index is 0.0149. The minimum atomic E-state index is -0.161. The van der Waals surface area contributed by atoms with Gasteiger partial charge in [-0.15, -0.1) is 0 Å². The number of ether oxygens (including phenoxy) is 1. The van der Waals surface area contributed by atoms with E-state index in [2.05, 4.69) is 9.88 Å². The molecule has 5 rings (SSSR count). The van der Waals surface area contributed by atoms with Crippen molar-refractivity contribution in [3.8, 4) is 0 Å². The Bertz CT molecular complexity index is 808. The van der Waals surface area contributed by atoms with Crippen LogP contribution in [0.15, 0.2) is 4.79 Å². The van der Waals surface area contributed by atoms with Crippen LogP contribution in [0, 0.1) is 0 Å². The Morgan fingerprint density at radius 3 is 2.70 bits per heavy atom. The van der Waals surface area contributed by atoms with Crippen LogP contribution in [0.25, 0.3) is 0 Å². The van der Waals surface area contributed by atoms with Crippen LogP contribution in [0.5, 0.6) is 0 Å². The van der Waals surface area contributed by atoms with Gasteiger partial charge in [-0.05, 0) is 45.6 Å². The molecular formula is C20H28N4O3. The molecule has 7 nitrogen and oxygen atoms in total. The molecule has 2 saturated heterocycles. The second kappa shape index (κ2) is 6.41. The summed E-state index contributed by atoms with van der Waals surface area (Å²) in [5.74, 6) is 1.52. The lowest BCUT2D eigenvalue weighted by Gasteiger charge is -2.42. The lowest BCUT2D eigenvalue weighted by Crippen LogP contribution is -2.55. The van der Waals surface area contributed by atoms with Gasteiger partial charge >= 0.3 is 0 Å². The average Bonchev–Trinajstić information content (AvgIpc) is 3.47. The molecule has 1 amide bonds. The van der Waals surface area contributed by atoms with Crippen LogP contribution in [-0.2, 0) is 21.4 Å².